The van der Waals surface area contributed by atoms with Crippen molar-refractivity contribution in [1.29, 1.82) is 0 Å². The van der Waals surface area contributed by atoms with E-state index in [1.54, 1.807) is 4.90 Å². The van der Waals surface area contributed by atoms with E-state index in [2.05, 4.69) is 4.90 Å². The van der Waals surface area contributed by atoms with Gasteiger partial charge >= 0.3 is 0 Å². The van der Waals surface area contributed by atoms with E-state index in [1.807, 2.05) is 26.1 Å². The van der Waals surface area contributed by atoms with Crippen molar-refractivity contribution in [3.63, 3.8) is 0 Å². The minimum absolute atomic E-state index is 0. The Balaban J connectivity index is 0.00000242. The lowest BCUT2D eigenvalue weighted by Gasteiger charge is -2.38. The van der Waals surface area contributed by atoms with Crippen molar-refractivity contribution in [2.24, 2.45) is 5.73 Å². The summed E-state index contributed by atoms with van der Waals surface area (Å²) in [7, 11) is 1.85. The second-order valence-corrected chi connectivity index (χ2v) is 7.65. The molecule has 1 saturated heterocycles. The molecule has 0 saturated carbocycles. The van der Waals surface area contributed by atoms with E-state index in [0.717, 1.165) is 28.6 Å². The average molecular weight is 366 g/mol. The Hall–Kier alpha value is -0.330. The average Bonchev–Trinajstić information content (AvgIpc) is 2.84. The number of carbonyl (C=O) groups excluding carboxylic acids is 1. The molecular weight excluding hydrogens is 341 g/mol. The first-order valence-corrected chi connectivity index (χ1v) is 8.64. The maximum Gasteiger partial charge on any atom is 0.236 e. The predicted molar refractivity (Wildman–Crippen MR) is 95.9 cm³/mol. The molecule has 2 unspecified atom stereocenters. The topological polar surface area (TPSA) is 49.6 Å². The van der Waals surface area contributed by atoms with Crippen molar-refractivity contribution in [2.45, 2.75) is 44.8 Å². The Morgan fingerprint density at radius 3 is 2.86 bits per heavy atom. The minimum Gasteiger partial charge on any atom is -0.340 e. The molecule has 0 aromatic carbocycles. The van der Waals surface area contributed by atoms with Gasteiger partial charge in [-0.05, 0) is 38.4 Å². The van der Waals surface area contributed by atoms with Gasteiger partial charge in [0.25, 0.3) is 0 Å². The molecule has 2 N–H and O–H groups in total. The predicted octanol–water partition coefficient (Wildman–Crippen LogP) is 2.98. The highest BCUT2D eigenvalue weighted by Gasteiger charge is 2.27. The van der Waals surface area contributed by atoms with E-state index >= 15 is 0 Å². The first-order valence-electron chi connectivity index (χ1n) is 7.45. The molecule has 0 bridgehead atoms. The molecule has 0 radical (unpaired) electrons. The first-order chi connectivity index (χ1) is 9.97. The summed E-state index contributed by atoms with van der Waals surface area (Å²) in [5.74, 6) is 0.145. The summed E-state index contributed by atoms with van der Waals surface area (Å²) < 4.78 is 0.763. The standard InChI is InChI=1S/C15H24ClN3OS.ClH/c1-11(17)13-5-3-4-8-19(13)10-15(20)18(2)9-12-6-7-14(16)21-12;/h6-7,11,13H,3-5,8-10,17H2,1-2H3;1H. The van der Waals surface area contributed by atoms with E-state index in [-0.39, 0.29) is 24.4 Å². The fraction of sp³-hybridized carbons (Fsp3) is 0.667. The molecule has 7 heteroatoms. The monoisotopic (exact) mass is 365 g/mol. The number of likely N-dealkylation sites (N-methyl/N-ethyl adjacent to an activating group) is 1. The summed E-state index contributed by atoms with van der Waals surface area (Å²) >= 11 is 7.45. The van der Waals surface area contributed by atoms with Crippen LogP contribution in [0, 0.1) is 0 Å². The van der Waals surface area contributed by atoms with Gasteiger partial charge in [0.1, 0.15) is 0 Å². The largest absolute Gasteiger partial charge is 0.340 e. The number of nitrogens with zero attached hydrogens (tertiary/aromatic N) is 2. The Morgan fingerprint density at radius 1 is 1.55 bits per heavy atom. The van der Waals surface area contributed by atoms with Crippen molar-refractivity contribution in [2.75, 3.05) is 20.1 Å². The fourth-order valence-electron chi connectivity index (χ4n) is 2.86. The quantitative estimate of drug-likeness (QED) is 0.872. The molecule has 2 heterocycles. The first kappa shape index (κ1) is 19.7. The normalized spacial score (nSPS) is 20.3. The number of halogens is 2. The van der Waals surface area contributed by atoms with Crippen LogP contribution in [0.2, 0.25) is 4.34 Å². The molecule has 1 aliphatic rings. The molecule has 0 aliphatic carbocycles. The summed E-state index contributed by atoms with van der Waals surface area (Å²) in [5, 5.41) is 0. The van der Waals surface area contributed by atoms with Crippen LogP contribution < -0.4 is 5.73 Å². The highest BCUT2D eigenvalue weighted by molar-refractivity contribution is 7.16. The maximum atomic E-state index is 12.4. The highest BCUT2D eigenvalue weighted by Crippen LogP contribution is 2.23. The van der Waals surface area contributed by atoms with Gasteiger partial charge in [-0.25, -0.2) is 0 Å². The molecule has 22 heavy (non-hydrogen) atoms. The maximum absolute atomic E-state index is 12.4. The van der Waals surface area contributed by atoms with E-state index in [4.69, 9.17) is 17.3 Å². The molecule has 0 spiro atoms. The molecule has 2 rings (SSSR count). The summed E-state index contributed by atoms with van der Waals surface area (Å²) in [5.41, 5.74) is 6.06. The number of nitrogens with two attached hydrogens (primary N) is 1. The molecule has 1 aromatic rings. The van der Waals surface area contributed by atoms with Crippen LogP contribution in [0.4, 0.5) is 0 Å². The fourth-order valence-corrected chi connectivity index (χ4v) is 4.00. The Morgan fingerprint density at radius 2 is 2.27 bits per heavy atom. The summed E-state index contributed by atoms with van der Waals surface area (Å²) in [6, 6.07) is 4.28. The summed E-state index contributed by atoms with van der Waals surface area (Å²) in [6.07, 6.45) is 3.45. The summed E-state index contributed by atoms with van der Waals surface area (Å²) in [4.78, 5) is 17.5. The van der Waals surface area contributed by atoms with Crippen LogP contribution in [0.3, 0.4) is 0 Å². The van der Waals surface area contributed by atoms with Crippen LogP contribution >= 0.6 is 35.3 Å². The van der Waals surface area contributed by atoms with Gasteiger partial charge in [-0.15, -0.1) is 23.7 Å². The van der Waals surface area contributed by atoms with E-state index < -0.39 is 0 Å². The second-order valence-electron chi connectivity index (χ2n) is 5.85. The Kier molecular flexibility index (Phi) is 8.14. The third-order valence-corrected chi connectivity index (χ3v) is 5.27. The lowest BCUT2D eigenvalue weighted by molar-refractivity contribution is -0.132. The third kappa shape index (κ3) is 5.39. The van der Waals surface area contributed by atoms with Crippen molar-refractivity contribution < 1.29 is 4.79 Å². The van der Waals surface area contributed by atoms with Gasteiger partial charge in [-0.2, -0.15) is 0 Å². The molecule has 1 amide bonds. The molecule has 1 aromatic heterocycles. The number of carbonyl (C=O) groups is 1. The van der Waals surface area contributed by atoms with E-state index in [9.17, 15) is 4.79 Å². The van der Waals surface area contributed by atoms with E-state index in [1.165, 1.54) is 17.8 Å². The zero-order chi connectivity index (χ0) is 15.4. The number of hydrogen-bond acceptors (Lipinski definition) is 4. The van der Waals surface area contributed by atoms with Gasteiger partial charge < -0.3 is 10.6 Å². The van der Waals surface area contributed by atoms with Crippen LogP contribution in [-0.2, 0) is 11.3 Å². The van der Waals surface area contributed by atoms with Gasteiger partial charge in [-0.1, -0.05) is 18.0 Å². The molecule has 4 nitrogen and oxygen atoms in total. The van der Waals surface area contributed by atoms with Gasteiger partial charge in [0.05, 0.1) is 17.4 Å². The van der Waals surface area contributed by atoms with Crippen LogP contribution in [0.25, 0.3) is 0 Å². The number of likely N-dealkylation sites (tertiary alicyclic amines) is 1. The van der Waals surface area contributed by atoms with Gasteiger partial charge in [-0.3, -0.25) is 9.69 Å². The Labute approximate surface area is 148 Å². The van der Waals surface area contributed by atoms with E-state index in [0.29, 0.717) is 19.1 Å². The number of amides is 1. The van der Waals surface area contributed by atoms with Crippen LogP contribution in [-0.4, -0.2) is 47.9 Å². The number of thiophene rings is 1. The number of hydrogen-bond donors (Lipinski definition) is 1. The smallest absolute Gasteiger partial charge is 0.236 e. The highest BCUT2D eigenvalue weighted by atomic mass is 35.5. The molecule has 1 aliphatic heterocycles. The lowest BCUT2D eigenvalue weighted by atomic mass is 9.97. The zero-order valence-corrected chi connectivity index (χ0v) is 15.5. The van der Waals surface area contributed by atoms with Gasteiger partial charge in [0.15, 0.2) is 0 Å². The third-order valence-electron chi connectivity index (χ3n) is 4.06. The van der Waals surface area contributed by atoms with Gasteiger partial charge in [0.2, 0.25) is 5.91 Å². The molecule has 126 valence electrons. The lowest BCUT2D eigenvalue weighted by Crippen LogP contribution is -2.52. The summed E-state index contributed by atoms with van der Waals surface area (Å²) in [6.45, 7) is 4.08. The van der Waals surface area contributed by atoms with Gasteiger partial charge in [0, 0.05) is 24.0 Å². The van der Waals surface area contributed by atoms with Crippen molar-refractivity contribution in [1.82, 2.24) is 9.80 Å². The molecular formula is C15H25Cl2N3OS. The van der Waals surface area contributed by atoms with Crippen LogP contribution in [0.1, 0.15) is 31.1 Å². The van der Waals surface area contributed by atoms with Crippen molar-refractivity contribution >= 4 is 41.3 Å². The number of piperidine rings is 1. The Bertz CT molecular complexity index is 481. The van der Waals surface area contributed by atoms with Crippen molar-refractivity contribution in [3.8, 4) is 0 Å². The SMILES string of the molecule is CC(N)C1CCCCN1CC(=O)N(C)Cc1ccc(Cl)s1.Cl. The van der Waals surface area contributed by atoms with Crippen LogP contribution in [0.5, 0.6) is 0 Å². The second kappa shape index (κ2) is 9.08. The van der Waals surface area contributed by atoms with Crippen molar-refractivity contribution in [3.05, 3.63) is 21.3 Å². The minimum atomic E-state index is 0. The van der Waals surface area contributed by atoms with Crippen LogP contribution in [0.15, 0.2) is 12.1 Å². The molecule has 2 atom stereocenters. The number of rotatable bonds is 5. The molecule has 1 fully saturated rings. The zero-order valence-electron chi connectivity index (χ0n) is 13.1.